The van der Waals surface area contributed by atoms with Crippen LogP contribution in [-0.2, 0) is 9.53 Å². The standard InChI is InChI=1S/C15H18FNO4S/c1-15(2,3)21-14(20)17-11(13(18)19)8-22-12(17)9-6-4-5-7-10(9)16/h4-7,11-12H,8H2,1-3H3,(H,18,19)/p-1/t11-,12+/m0/s1. The quantitative estimate of drug-likeness (QED) is 0.830. The predicted octanol–water partition coefficient (Wildman–Crippen LogP) is 1.93. The van der Waals surface area contributed by atoms with E-state index in [0.29, 0.717) is 0 Å². The molecule has 1 aliphatic rings. The van der Waals surface area contributed by atoms with Crippen molar-refractivity contribution >= 4 is 23.8 Å². The largest absolute Gasteiger partial charge is 0.548 e. The number of hydrogen-bond donors (Lipinski definition) is 0. The van der Waals surface area contributed by atoms with Crippen LogP contribution >= 0.6 is 11.8 Å². The molecule has 120 valence electrons. The molecule has 0 N–H and O–H groups in total. The van der Waals surface area contributed by atoms with Crippen molar-refractivity contribution in [3.05, 3.63) is 35.6 Å². The van der Waals surface area contributed by atoms with Crippen molar-refractivity contribution in [1.29, 1.82) is 0 Å². The average Bonchev–Trinajstić information content (AvgIpc) is 2.82. The average molecular weight is 326 g/mol. The number of benzene rings is 1. The van der Waals surface area contributed by atoms with Gasteiger partial charge in [0.25, 0.3) is 0 Å². The van der Waals surface area contributed by atoms with Gasteiger partial charge < -0.3 is 14.6 Å². The van der Waals surface area contributed by atoms with Crippen molar-refractivity contribution in [2.75, 3.05) is 5.75 Å². The van der Waals surface area contributed by atoms with E-state index in [0.717, 1.165) is 4.90 Å². The Balaban J connectivity index is 2.35. The van der Waals surface area contributed by atoms with Gasteiger partial charge in [-0.1, -0.05) is 18.2 Å². The summed E-state index contributed by atoms with van der Waals surface area (Å²) in [6.45, 7) is 5.04. The normalized spacial score (nSPS) is 21.7. The van der Waals surface area contributed by atoms with Crippen molar-refractivity contribution < 1.29 is 23.8 Å². The Morgan fingerprint density at radius 2 is 2.00 bits per heavy atom. The minimum atomic E-state index is -1.38. The second-order valence-corrected chi connectivity index (χ2v) is 7.04. The maximum atomic E-state index is 14.0. The molecule has 7 heteroatoms. The molecule has 2 rings (SSSR count). The summed E-state index contributed by atoms with van der Waals surface area (Å²) in [6.07, 6.45) is -0.792. The van der Waals surface area contributed by atoms with Crippen molar-refractivity contribution in [3.8, 4) is 0 Å². The van der Waals surface area contributed by atoms with E-state index in [4.69, 9.17) is 4.74 Å². The van der Waals surface area contributed by atoms with E-state index in [-0.39, 0.29) is 11.3 Å². The first kappa shape index (κ1) is 16.6. The molecule has 1 aromatic carbocycles. The zero-order valence-electron chi connectivity index (χ0n) is 12.5. The van der Waals surface area contributed by atoms with Crippen LogP contribution in [-0.4, -0.2) is 34.4 Å². The van der Waals surface area contributed by atoms with Gasteiger partial charge >= 0.3 is 6.09 Å². The molecule has 0 aliphatic carbocycles. The van der Waals surface area contributed by atoms with E-state index < -0.39 is 34.9 Å². The molecule has 0 spiro atoms. The van der Waals surface area contributed by atoms with Gasteiger partial charge in [-0.2, -0.15) is 0 Å². The number of carbonyl (C=O) groups excluding carboxylic acids is 2. The Morgan fingerprint density at radius 3 is 2.55 bits per heavy atom. The van der Waals surface area contributed by atoms with Crippen LogP contribution in [0.4, 0.5) is 9.18 Å². The van der Waals surface area contributed by atoms with Crippen LogP contribution in [0.2, 0.25) is 0 Å². The van der Waals surface area contributed by atoms with E-state index in [2.05, 4.69) is 0 Å². The highest BCUT2D eigenvalue weighted by atomic mass is 32.2. The highest BCUT2D eigenvalue weighted by Gasteiger charge is 2.42. The second kappa shape index (κ2) is 6.16. The summed E-state index contributed by atoms with van der Waals surface area (Å²) in [5.41, 5.74) is -0.525. The molecule has 0 radical (unpaired) electrons. The Morgan fingerprint density at radius 1 is 1.36 bits per heavy atom. The van der Waals surface area contributed by atoms with Crippen LogP contribution < -0.4 is 5.11 Å². The van der Waals surface area contributed by atoms with Crippen LogP contribution in [0.25, 0.3) is 0 Å². The molecule has 5 nitrogen and oxygen atoms in total. The summed E-state index contributed by atoms with van der Waals surface area (Å²) in [5, 5.41) is 10.5. The van der Waals surface area contributed by atoms with Gasteiger partial charge in [0.1, 0.15) is 16.8 Å². The number of carboxylic acid groups (broad SMARTS) is 1. The summed E-state index contributed by atoms with van der Waals surface area (Å²) in [4.78, 5) is 24.7. The number of ether oxygens (including phenoxy) is 1. The first-order chi connectivity index (χ1) is 10.2. The fourth-order valence-electron chi connectivity index (χ4n) is 2.14. The van der Waals surface area contributed by atoms with Gasteiger partial charge in [-0.25, -0.2) is 9.18 Å². The minimum absolute atomic E-state index is 0.126. The van der Waals surface area contributed by atoms with Crippen LogP contribution in [0, 0.1) is 5.82 Å². The summed E-state index contributed by atoms with van der Waals surface area (Å²) >= 11 is 1.17. The highest BCUT2D eigenvalue weighted by molar-refractivity contribution is 7.99. The molecule has 1 fully saturated rings. The molecule has 1 saturated heterocycles. The van der Waals surface area contributed by atoms with E-state index in [9.17, 15) is 19.1 Å². The van der Waals surface area contributed by atoms with Gasteiger partial charge in [-0.05, 0) is 26.8 Å². The first-order valence-electron chi connectivity index (χ1n) is 6.79. The molecule has 0 unspecified atom stereocenters. The van der Waals surface area contributed by atoms with Gasteiger partial charge in [-0.15, -0.1) is 11.8 Å². The molecule has 1 heterocycles. The topological polar surface area (TPSA) is 69.7 Å². The van der Waals surface area contributed by atoms with E-state index in [1.165, 1.54) is 30.0 Å². The highest BCUT2D eigenvalue weighted by Crippen LogP contribution is 2.42. The van der Waals surface area contributed by atoms with Crippen LogP contribution in [0.3, 0.4) is 0 Å². The lowest BCUT2D eigenvalue weighted by Gasteiger charge is -2.32. The third-order valence-corrected chi connectivity index (χ3v) is 4.35. The third kappa shape index (κ3) is 3.52. The lowest BCUT2D eigenvalue weighted by molar-refractivity contribution is -0.310. The Labute approximate surface area is 132 Å². The molecule has 0 saturated carbocycles. The molecule has 22 heavy (non-hydrogen) atoms. The molecule has 0 aromatic heterocycles. The smallest absolute Gasteiger partial charge is 0.412 e. The van der Waals surface area contributed by atoms with Gasteiger partial charge in [0, 0.05) is 11.3 Å². The Kier molecular flexibility index (Phi) is 4.65. The first-order valence-corrected chi connectivity index (χ1v) is 7.84. The molecule has 0 bridgehead atoms. The number of carboxylic acids is 1. The predicted molar refractivity (Wildman–Crippen MR) is 78.5 cm³/mol. The van der Waals surface area contributed by atoms with Crippen LogP contribution in [0.5, 0.6) is 0 Å². The van der Waals surface area contributed by atoms with Gasteiger partial charge in [-0.3, -0.25) is 4.90 Å². The van der Waals surface area contributed by atoms with Crippen molar-refractivity contribution in [2.24, 2.45) is 0 Å². The second-order valence-electron chi connectivity index (χ2n) is 5.93. The number of rotatable bonds is 2. The van der Waals surface area contributed by atoms with E-state index in [1.54, 1.807) is 26.8 Å². The third-order valence-electron chi connectivity index (χ3n) is 3.05. The SMILES string of the molecule is CC(C)(C)OC(=O)N1[C@@H](c2ccccc2F)SC[C@H]1C(=O)[O-]. The van der Waals surface area contributed by atoms with Crippen molar-refractivity contribution in [3.63, 3.8) is 0 Å². The number of amides is 1. The van der Waals surface area contributed by atoms with E-state index in [1.807, 2.05) is 0 Å². The summed E-state index contributed by atoms with van der Waals surface area (Å²) in [5.74, 6) is -1.75. The maximum Gasteiger partial charge on any atom is 0.412 e. The maximum absolute atomic E-state index is 14.0. The Hall–Kier alpha value is -1.76. The fourth-order valence-corrected chi connectivity index (χ4v) is 3.57. The molecule has 1 aliphatic heterocycles. The van der Waals surface area contributed by atoms with Gasteiger partial charge in [0.2, 0.25) is 0 Å². The van der Waals surface area contributed by atoms with Crippen molar-refractivity contribution in [1.82, 2.24) is 4.90 Å². The zero-order chi connectivity index (χ0) is 16.5. The van der Waals surface area contributed by atoms with E-state index >= 15 is 0 Å². The Bertz CT molecular complexity index is 587. The summed E-state index contributed by atoms with van der Waals surface area (Å²) in [7, 11) is 0. The number of thioether (sulfide) groups is 1. The molecule has 1 amide bonds. The van der Waals surface area contributed by atoms with Gasteiger partial charge in [0.05, 0.1) is 12.0 Å². The molecule has 1 aromatic rings. The minimum Gasteiger partial charge on any atom is -0.548 e. The number of carbonyl (C=O) groups is 2. The van der Waals surface area contributed by atoms with Gasteiger partial charge in [0.15, 0.2) is 0 Å². The van der Waals surface area contributed by atoms with Crippen LogP contribution in [0.1, 0.15) is 31.7 Å². The lowest BCUT2D eigenvalue weighted by atomic mass is 10.1. The number of nitrogens with zero attached hydrogens (tertiary/aromatic N) is 1. The molecule has 2 atom stereocenters. The number of halogens is 1. The lowest BCUT2D eigenvalue weighted by Crippen LogP contribution is -2.50. The summed E-state index contributed by atoms with van der Waals surface area (Å²) < 4.78 is 19.2. The zero-order valence-corrected chi connectivity index (χ0v) is 13.4. The summed E-state index contributed by atoms with van der Waals surface area (Å²) in [6, 6.07) is 4.83. The number of aliphatic carboxylic acids is 1. The van der Waals surface area contributed by atoms with Crippen LogP contribution in [0.15, 0.2) is 24.3 Å². The fraction of sp³-hybridized carbons (Fsp3) is 0.467. The van der Waals surface area contributed by atoms with Crippen molar-refractivity contribution in [2.45, 2.75) is 37.8 Å². The number of hydrogen-bond acceptors (Lipinski definition) is 5. The molecular formula is C15H17FNO4S-. The molecular weight excluding hydrogens is 309 g/mol. The monoisotopic (exact) mass is 326 g/mol.